The van der Waals surface area contributed by atoms with Gasteiger partial charge in [-0.25, -0.2) is 0 Å². The standard InChI is InChI=1S/C14H17N3.4C2H6/c1-11-14-12(6-5-7-15-14)13(10-16-11)17-8-3-2-4-9-17;4*1-2/h5-7,10H,2-4,8-9H2,1H3;4*1-2H3. The van der Waals surface area contributed by atoms with Gasteiger partial charge in [0.1, 0.15) is 0 Å². The van der Waals surface area contributed by atoms with E-state index in [0.717, 1.165) is 24.3 Å². The first-order valence-electron chi connectivity index (χ1n) is 10.3. The Bertz CT molecular complexity index is 532. The molecule has 3 rings (SSSR count). The van der Waals surface area contributed by atoms with Crippen molar-refractivity contribution in [2.45, 2.75) is 81.6 Å². The fourth-order valence-corrected chi connectivity index (χ4v) is 2.58. The smallest absolute Gasteiger partial charge is 0.0935 e. The van der Waals surface area contributed by atoms with Crippen LogP contribution in [0.25, 0.3) is 10.9 Å². The Hall–Kier alpha value is -1.64. The van der Waals surface area contributed by atoms with Gasteiger partial charge in [-0.1, -0.05) is 55.4 Å². The average Bonchev–Trinajstić information content (AvgIpc) is 2.75. The molecule has 25 heavy (non-hydrogen) atoms. The lowest BCUT2D eigenvalue weighted by molar-refractivity contribution is 0.578. The summed E-state index contributed by atoms with van der Waals surface area (Å²) < 4.78 is 0. The first-order valence-corrected chi connectivity index (χ1v) is 10.3. The van der Waals surface area contributed by atoms with Crippen LogP contribution in [0.2, 0.25) is 0 Å². The minimum Gasteiger partial charge on any atom is -0.370 e. The lowest BCUT2D eigenvalue weighted by Gasteiger charge is -2.29. The molecule has 0 unspecified atom stereocenters. The van der Waals surface area contributed by atoms with Crippen molar-refractivity contribution < 1.29 is 0 Å². The molecule has 3 nitrogen and oxygen atoms in total. The van der Waals surface area contributed by atoms with E-state index in [4.69, 9.17) is 0 Å². The van der Waals surface area contributed by atoms with Gasteiger partial charge in [0.2, 0.25) is 0 Å². The molecule has 0 radical (unpaired) electrons. The summed E-state index contributed by atoms with van der Waals surface area (Å²) >= 11 is 0. The van der Waals surface area contributed by atoms with Gasteiger partial charge in [-0.2, -0.15) is 0 Å². The molecule has 1 aliphatic rings. The van der Waals surface area contributed by atoms with Crippen LogP contribution in [0.4, 0.5) is 5.69 Å². The first kappa shape index (κ1) is 25.6. The second kappa shape index (κ2) is 17.2. The third kappa shape index (κ3) is 7.85. The third-order valence-electron chi connectivity index (χ3n) is 3.50. The van der Waals surface area contributed by atoms with E-state index >= 15 is 0 Å². The SMILES string of the molecule is CC.CC.CC.CC.Cc1ncc(N2CCCCC2)c2cccnc12. The fraction of sp³-hybridized carbons (Fsp3) is 0.636. The van der Waals surface area contributed by atoms with Crippen LogP contribution in [0.3, 0.4) is 0 Å². The van der Waals surface area contributed by atoms with Crippen LogP contribution in [0.15, 0.2) is 24.5 Å². The van der Waals surface area contributed by atoms with Crippen molar-refractivity contribution in [2.24, 2.45) is 0 Å². The summed E-state index contributed by atoms with van der Waals surface area (Å²) in [7, 11) is 0. The van der Waals surface area contributed by atoms with Gasteiger partial charge in [0.15, 0.2) is 0 Å². The van der Waals surface area contributed by atoms with E-state index in [9.17, 15) is 0 Å². The number of aromatic nitrogens is 2. The molecule has 0 aromatic carbocycles. The molecule has 144 valence electrons. The molecule has 0 N–H and O–H groups in total. The topological polar surface area (TPSA) is 29.0 Å². The average molecular weight is 348 g/mol. The van der Waals surface area contributed by atoms with Crippen molar-refractivity contribution in [1.82, 2.24) is 9.97 Å². The maximum absolute atomic E-state index is 4.48. The molecule has 1 saturated heterocycles. The lowest BCUT2D eigenvalue weighted by Crippen LogP contribution is -2.29. The van der Waals surface area contributed by atoms with E-state index in [0.29, 0.717) is 0 Å². The molecule has 3 heteroatoms. The highest BCUT2D eigenvalue weighted by Gasteiger charge is 2.14. The summed E-state index contributed by atoms with van der Waals surface area (Å²) in [5.74, 6) is 0. The predicted molar refractivity (Wildman–Crippen MR) is 116 cm³/mol. The van der Waals surface area contributed by atoms with Crippen LogP contribution < -0.4 is 4.90 Å². The van der Waals surface area contributed by atoms with Crippen LogP contribution in [0.5, 0.6) is 0 Å². The number of aryl methyl sites for hydroxylation is 1. The fourth-order valence-electron chi connectivity index (χ4n) is 2.58. The Morgan fingerprint density at radius 2 is 1.36 bits per heavy atom. The maximum Gasteiger partial charge on any atom is 0.0935 e. The second-order valence-corrected chi connectivity index (χ2v) is 4.68. The highest BCUT2D eigenvalue weighted by Crippen LogP contribution is 2.28. The quantitative estimate of drug-likeness (QED) is 0.554. The molecule has 0 atom stereocenters. The molecule has 2 aromatic rings. The van der Waals surface area contributed by atoms with Crippen LogP contribution in [0, 0.1) is 6.92 Å². The summed E-state index contributed by atoms with van der Waals surface area (Å²) in [4.78, 5) is 11.4. The monoisotopic (exact) mass is 347 g/mol. The lowest BCUT2D eigenvalue weighted by atomic mass is 10.1. The van der Waals surface area contributed by atoms with Gasteiger partial charge in [0.25, 0.3) is 0 Å². The molecule has 0 amide bonds. The van der Waals surface area contributed by atoms with Crippen molar-refractivity contribution >= 4 is 16.6 Å². The normalized spacial score (nSPS) is 12.1. The van der Waals surface area contributed by atoms with E-state index in [1.54, 1.807) is 0 Å². The Morgan fingerprint density at radius 1 is 0.800 bits per heavy atom. The summed E-state index contributed by atoms with van der Waals surface area (Å²) in [5.41, 5.74) is 3.30. The number of fused-ring (bicyclic) bond motifs is 1. The van der Waals surface area contributed by atoms with E-state index in [1.165, 1.54) is 30.3 Å². The molecule has 0 bridgehead atoms. The number of anilines is 1. The molecule has 0 aliphatic carbocycles. The molecule has 1 aliphatic heterocycles. The molecule has 0 saturated carbocycles. The Morgan fingerprint density at radius 3 is 1.92 bits per heavy atom. The van der Waals surface area contributed by atoms with Crippen LogP contribution in [-0.4, -0.2) is 23.1 Å². The highest BCUT2D eigenvalue weighted by atomic mass is 15.1. The number of hydrogen-bond acceptors (Lipinski definition) is 3. The van der Waals surface area contributed by atoms with Crippen LogP contribution >= 0.6 is 0 Å². The zero-order valence-corrected chi connectivity index (χ0v) is 18.2. The molecule has 2 aromatic heterocycles. The maximum atomic E-state index is 4.48. The number of piperidine rings is 1. The summed E-state index contributed by atoms with van der Waals surface area (Å²) in [6.45, 7) is 20.3. The minimum absolute atomic E-state index is 1.02. The van der Waals surface area contributed by atoms with Gasteiger partial charge in [-0.3, -0.25) is 9.97 Å². The zero-order valence-electron chi connectivity index (χ0n) is 18.2. The molecular weight excluding hydrogens is 306 g/mol. The van der Waals surface area contributed by atoms with Gasteiger partial charge in [0.05, 0.1) is 23.1 Å². The molecular formula is C22H41N3. The minimum atomic E-state index is 1.02. The number of pyridine rings is 2. The van der Waals surface area contributed by atoms with Crippen LogP contribution in [-0.2, 0) is 0 Å². The van der Waals surface area contributed by atoms with Gasteiger partial charge < -0.3 is 4.90 Å². The predicted octanol–water partition coefficient (Wildman–Crippen LogP) is 7.03. The number of rotatable bonds is 1. The molecule has 0 spiro atoms. The van der Waals surface area contributed by atoms with E-state index < -0.39 is 0 Å². The van der Waals surface area contributed by atoms with Crippen molar-refractivity contribution in [3.63, 3.8) is 0 Å². The largest absolute Gasteiger partial charge is 0.370 e. The summed E-state index contributed by atoms with van der Waals surface area (Å²) in [6.07, 6.45) is 7.78. The summed E-state index contributed by atoms with van der Waals surface area (Å²) in [5, 5.41) is 1.24. The number of hydrogen-bond donors (Lipinski definition) is 0. The third-order valence-corrected chi connectivity index (χ3v) is 3.50. The van der Waals surface area contributed by atoms with Gasteiger partial charge >= 0.3 is 0 Å². The zero-order chi connectivity index (χ0) is 19.7. The van der Waals surface area contributed by atoms with E-state index in [-0.39, 0.29) is 0 Å². The summed E-state index contributed by atoms with van der Waals surface area (Å²) in [6, 6.07) is 4.16. The van der Waals surface area contributed by atoms with Crippen LogP contribution in [0.1, 0.15) is 80.3 Å². The van der Waals surface area contributed by atoms with Crippen molar-refractivity contribution in [3.05, 3.63) is 30.2 Å². The van der Waals surface area contributed by atoms with E-state index in [1.807, 2.05) is 80.8 Å². The Balaban J connectivity index is 0. The van der Waals surface area contributed by atoms with E-state index in [2.05, 4.69) is 20.9 Å². The van der Waals surface area contributed by atoms with Crippen molar-refractivity contribution in [1.29, 1.82) is 0 Å². The number of nitrogens with zero attached hydrogens (tertiary/aromatic N) is 3. The first-order chi connectivity index (χ1) is 12.4. The van der Waals surface area contributed by atoms with Gasteiger partial charge in [0, 0.05) is 24.7 Å². The second-order valence-electron chi connectivity index (χ2n) is 4.68. The molecule has 1 fully saturated rings. The Kier molecular flexibility index (Phi) is 17.6. The van der Waals surface area contributed by atoms with Crippen molar-refractivity contribution in [3.8, 4) is 0 Å². The van der Waals surface area contributed by atoms with Gasteiger partial charge in [-0.05, 0) is 38.3 Å². The van der Waals surface area contributed by atoms with Gasteiger partial charge in [-0.15, -0.1) is 0 Å². The highest BCUT2D eigenvalue weighted by molar-refractivity contribution is 5.92. The van der Waals surface area contributed by atoms with Crippen molar-refractivity contribution in [2.75, 3.05) is 18.0 Å². The Labute approximate surface area is 156 Å². The molecule has 3 heterocycles.